The molecule has 0 unspecified atom stereocenters. The molecule has 0 radical (unpaired) electrons. The van der Waals surface area contributed by atoms with E-state index in [1.165, 1.54) is 12.5 Å². The van der Waals surface area contributed by atoms with E-state index in [0.29, 0.717) is 23.5 Å². The lowest BCUT2D eigenvalue weighted by Crippen LogP contribution is -2.00. The van der Waals surface area contributed by atoms with Crippen LogP contribution in [0.25, 0.3) is 0 Å². The molecule has 0 amide bonds. The second-order valence-corrected chi connectivity index (χ2v) is 2.92. The van der Waals surface area contributed by atoms with Gasteiger partial charge in [0.15, 0.2) is 5.76 Å². The van der Waals surface area contributed by atoms with Crippen molar-refractivity contribution >= 4 is 5.78 Å². The zero-order chi connectivity index (χ0) is 9.97. The summed E-state index contributed by atoms with van der Waals surface area (Å²) in [6.07, 6.45) is 3.71. The number of carbonyl (C=O) groups is 1. The molecule has 0 saturated carbocycles. The first-order chi connectivity index (χ1) is 6.83. The summed E-state index contributed by atoms with van der Waals surface area (Å²) in [5.41, 5.74) is 0.586. The number of aryl methyl sites for hydroxylation is 1. The molecule has 0 aromatic carbocycles. The molecule has 0 spiro atoms. The minimum Gasteiger partial charge on any atom is -0.469 e. The van der Waals surface area contributed by atoms with Gasteiger partial charge in [0, 0.05) is 6.42 Å². The second-order valence-electron chi connectivity index (χ2n) is 2.92. The Kier molecular flexibility index (Phi) is 2.23. The van der Waals surface area contributed by atoms with Gasteiger partial charge in [-0.05, 0) is 18.2 Å². The Morgan fingerprint density at radius 2 is 2.14 bits per heavy atom. The predicted molar refractivity (Wildman–Crippen MR) is 50.2 cm³/mol. The van der Waals surface area contributed by atoms with E-state index in [0.717, 1.165) is 0 Å². The first-order valence-electron chi connectivity index (χ1n) is 4.47. The van der Waals surface area contributed by atoms with Crippen LogP contribution in [-0.4, -0.2) is 5.78 Å². The first-order valence-corrected chi connectivity index (χ1v) is 4.47. The quantitative estimate of drug-likeness (QED) is 0.699. The van der Waals surface area contributed by atoms with E-state index < -0.39 is 0 Å². The molecule has 0 saturated heterocycles. The van der Waals surface area contributed by atoms with Crippen molar-refractivity contribution in [3.8, 4) is 0 Å². The first kappa shape index (κ1) is 8.81. The summed E-state index contributed by atoms with van der Waals surface area (Å²) in [5, 5.41) is 0. The van der Waals surface area contributed by atoms with Crippen LogP contribution in [0.4, 0.5) is 0 Å². The fourth-order valence-electron chi connectivity index (χ4n) is 1.36. The lowest BCUT2D eigenvalue weighted by atomic mass is 10.1. The molecule has 0 aliphatic carbocycles. The van der Waals surface area contributed by atoms with E-state index in [-0.39, 0.29) is 5.78 Å². The van der Waals surface area contributed by atoms with Crippen molar-refractivity contribution in [3.63, 3.8) is 0 Å². The van der Waals surface area contributed by atoms with Crippen molar-refractivity contribution in [3.05, 3.63) is 47.8 Å². The average molecular weight is 190 g/mol. The highest BCUT2D eigenvalue weighted by atomic mass is 16.3. The SMILES string of the molecule is CCc1occc1C(=O)c1ccco1. The van der Waals surface area contributed by atoms with Gasteiger partial charge < -0.3 is 8.83 Å². The number of hydrogen-bond acceptors (Lipinski definition) is 3. The van der Waals surface area contributed by atoms with Gasteiger partial charge in [0.25, 0.3) is 0 Å². The van der Waals surface area contributed by atoms with Crippen LogP contribution in [0.1, 0.15) is 28.8 Å². The smallest absolute Gasteiger partial charge is 0.231 e. The number of rotatable bonds is 3. The average Bonchev–Trinajstić information content (AvgIpc) is 2.87. The monoisotopic (exact) mass is 190 g/mol. The van der Waals surface area contributed by atoms with Gasteiger partial charge in [-0.2, -0.15) is 0 Å². The minimum atomic E-state index is -0.124. The normalized spacial score (nSPS) is 10.4. The number of ketones is 1. The van der Waals surface area contributed by atoms with Crippen molar-refractivity contribution < 1.29 is 13.6 Å². The fourth-order valence-corrected chi connectivity index (χ4v) is 1.36. The molecular formula is C11H10O3. The van der Waals surface area contributed by atoms with Crippen molar-refractivity contribution in [2.45, 2.75) is 13.3 Å². The number of hydrogen-bond donors (Lipinski definition) is 0. The lowest BCUT2D eigenvalue weighted by molar-refractivity contribution is 0.101. The molecule has 0 bridgehead atoms. The van der Waals surface area contributed by atoms with Crippen LogP contribution in [-0.2, 0) is 6.42 Å². The molecule has 0 N–H and O–H groups in total. The Labute approximate surface area is 81.3 Å². The molecule has 0 aliphatic rings. The van der Waals surface area contributed by atoms with Gasteiger partial charge in [-0.15, -0.1) is 0 Å². The van der Waals surface area contributed by atoms with Crippen LogP contribution < -0.4 is 0 Å². The second kappa shape index (κ2) is 3.54. The highest BCUT2D eigenvalue weighted by Gasteiger charge is 2.17. The van der Waals surface area contributed by atoms with Gasteiger partial charge in [0.05, 0.1) is 18.1 Å². The molecule has 2 aromatic heterocycles. The van der Waals surface area contributed by atoms with Crippen molar-refractivity contribution in [1.82, 2.24) is 0 Å². The molecule has 3 heteroatoms. The van der Waals surface area contributed by atoms with Gasteiger partial charge in [-0.1, -0.05) is 6.92 Å². The third-order valence-corrected chi connectivity index (χ3v) is 2.06. The van der Waals surface area contributed by atoms with E-state index in [1.54, 1.807) is 18.2 Å². The van der Waals surface area contributed by atoms with Crippen LogP contribution in [0, 0.1) is 0 Å². The van der Waals surface area contributed by atoms with E-state index in [4.69, 9.17) is 8.83 Å². The molecule has 2 heterocycles. The molecule has 3 nitrogen and oxygen atoms in total. The summed E-state index contributed by atoms with van der Waals surface area (Å²) in [5.74, 6) is 0.924. The Bertz CT molecular complexity index is 423. The maximum atomic E-state index is 11.8. The van der Waals surface area contributed by atoms with Gasteiger partial charge in [-0.25, -0.2) is 0 Å². The fraction of sp³-hybridized carbons (Fsp3) is 0.182. The van der Waals surface area contributed by atoms with E-state index in [9.17, 15) is 4.79 Å². The Hall–Kier alpha value is -1.77. The largest absolute Gasteiger partial charge is 0.469 e. The van der Waals surface area contributed by atoms with Crippen LogP contribution in [0.15, 0.2) is 39.6 Å². The molecule has 14 heavy (non-hydrogen) atoms. The summed E-state index contributed by atoms with van der Waals surface area (Å²) in [4.78, 5) is 11.8. The highest BCUT2D eigenvalue weighted by molar-refractivity contribution is 6.07. The Balaban J connectivity index is 2.36. The topological polar surface area (TPSA) is 43.4 Å². The lowest BCUT2D eigenvalue weighted by Gasteiger charge is -1.95. The predicted octanol–water partition coefficient (Wildman–Crippen LogP) is 2.67. The standard InChI is InChI=1S/C11H10O3/c1-2-9-8(5-7-14-9)11(12)10-4-3-6-13-10/h3-7H,2H2,1H3. The zero-order valence-electron chi connectivity index (χ0n) is 7.82. The summed E-state index contributed by atoms with van der Waals surface area (Å²) in [7, 11) is 0. The van der Waals surface area contributed by atoms with Gasteiger partial charge in [0.1, 0.15) is 5.76 Å². The zero-order valence-corrected chi connectivity index (χ0v) is 7.82. The van der Waals surface area contributed by atoms with E-state index >= 15 is 0 Å². The van der Waals surface area contributed by atoms with Crippen molar-refractivity contribution in [2.75, 3.05) is 0 Å². The van der Waals surface area contributed by atoms with Gasteiger partial charge in [-0.3, -0.25) is 4.79 Å². The number of carbonyl (C=O) groups excluding carboxylic acids is 1. The maximum absolute atomic E-state index is 11.8. The van der Waals surface area contributed by atoms with Crippen LogP contribution >= 0.6 is 0 Å². The third kappa shape index (κ3) is 1.37. The molecule has 0 aliphatic heterocycles. The summed E-state index contributed by atoms with van der Waals surface area (Å²) in [6, 6.07) is 5.01. The van der Waals surface area contributed by atoms with E-state index in [1.807, 2.05) is 6.92 Å². The van der Waals surface area contributed by atoms with Gasteiger partial charge in [0.2, 0.25) is 5.78 Å². The Morgan fingerprint density at radius 3 is 2.79 bits per heavy atom. The third-order valence-electron chi connectivity index (χ3n) is 2.06. The summed E-state index contributed by atoms with van der Waals surface area (Å²) < 4.78 is 10.2. The summed E-state index contributed by atoms with van der Waals surface area (Å²) in [6.45, 7) is 1.94. The van der Waals surface area contributed by atoms with Crippen molar-refractivity contribution in [2.24, 2.45) is 0 Å². The molecular weight excluding hydrogens is 180 g/mol. The van der Waals surface area contributed by atoms with Crippen LogP contribution in [0.5, 0.6) is 0 Å². The molecule has 2 rings (SSSR count). The summed E-state index contributed by atoms with van der Waals surface area (Å²) >= 11 is 0. The molecule has 0 fully saturated rings. The number of furan rings is 2. The molecule has 0 atom stereocenters. The highest BCUT2D eigenvalue weighted by Crippen LogP contribution is 2.16. The van der Waals surface area contributed by atoms with Gasteiger partial charge >= 0.3 is 0 Å². The molecule has 2 aromatic rings. The maximum Gasteiger partial charge on any atom is 0.231 e. The molecule has 72 valence electrons. The van der Waals surface area contributed by atoms with Crippen LogP contribution in [0.2, 0.25) is 0 Å². The van der Waals surface area contributed by atoms with E-state index in [2.05, 4.69) is 0 Å². The minimum absolute atomic E-state index is 0.124. The Morgan fingerprint density at radius 1 is 1.29 bits per heavy atom. The van der Waals surface area contributed by atoms with Crippen LogP contribution in [0.3, 0.4) is 0 Å². The van der Waals surface area contributed by atoms with Crippen molar-refractivity contribution in [1.29, 1.82) is 0 Å².